The maximum Gasteiger partial charge on any atom is 0.314 e. The Morgan fingerprint density at radius 2 is 1.88 bits per heavy atom. The van der Waals surface area contributed by atoms with Gasteiger partial charge in [0.2, 0.25) is 0 Å². The zero-order chi connectivity index (χ0) is 11.3. The summed E-state index contributed by atoms with van der Waals surface area (Å²) in [6.07, 6.45) is 1.21. The van der Waals surface area contributed by atoms with Gasteiger partial charge in [-0.1, -0.05) is 0 Å². The van der Waals surface area contributed by atoms with Crippen molar-refractivity contribution in [3.05, 3.63) is 28.8 Å². The summed E-state index contributed by atoms with van der Waals surface area (Å²) >= 11 is 0. The summed E-state index contributed by atoms with van der Waals surface area (Å²) < 4.78 is 5.26. The number of carboxylic acid groups (broad SMARTS) is 1. The molecule has 2 aliphatic rings. The van der Waals surface area contributed by atoms with E-state index in [1.54, 1.807) is 12.1 Å². The molecule has 1 aromatic carbocycles. The number of aliphatic carboxylic acids is 1. The lowest BCUT2D eigenvalue weighted by Crippen LogP contribution is -2.19. The van der Waals surface area contributed by atoms with Crippen LogP contribution >= 0.6 is 0 Å². The molecule has 1 aliphatic heterocycles. The van der Waals surface area contributed by atoms with Crippen LogP contribution in [-0.4, -0.2) is 16.2 Å². The minimum atomic E-state index is -0.846. The lowest BCUT2D eigenvalue weighted by molar-refractivity contribution is -0.140. The van der Waals surface area contributed by atoms with Gasteiger partial charge < -0.3 is 14.9 Å². The number of fused-ring (bicyclic) bond motifs is 1. The summed E-state index contributed by atoms with van der Waals surface area (Å²) in [5.74, 6) is -0.759. The van der Waals surface area contributed by atoms with E-state index < -0.39 is 11.4 Å². The smallest absolute Gasteiger partial charge is 0.314 e. The Kier molecular flexibility index (Phi) is 1.80. The molecule has 3 rings (SSSR count). The van der Waals surface area contributed by atoms with E-state index in [-0.39, 0.29) is 5.75 Å². The fraction of sp³-hybridized carbons (Fsp3) is 0.417. The van der Waals surface area contributed by atoms with Crippen LogP contribution < -0.4 is 0 Å². The average Bonchev–Trinajstić information content (AvgIpc) is 2.92. The number of aromatic hydroxyl groups is 1. The van der Waals surface area contributed by atoms with Crippen LogP contribution in [0.3, 0.4) is 0 Å². The fourth-order valence-electron chi connectivity index (χ4n) is 2.32. The maximum atomic E-state index is 11.2. The molecule has 2 N–H and O–H groups in total. The molecule has 0 spiro atoms. The van der Waals surface area contributed by atoms with Crippen LogP contribution in [0.2, 0.25) is 0 Å². The summed E-state index contributed by atoms with van der Waals surface area (Å²) in [5.41, 5.74) is 1.66. The van der Waals surface area contributed by atoms with E-state index in [9.17, 15) is 15.0 Å². The molecule has 4 heteroatoms. The van der Waals surface area contributed by atoms with Gasteiger partial charge in [-0.05, 0) is 36.1 Å². The van der Waals surface area contributed by atoms with Gasteiger partial charge in [-0.15, -0.1) is 0 Å². The maximum absolute atomic E-state index is 11.2. The number of phenolic OH excluding ortho intramolecular Hbond substituents is 1. The van der Waals surface area contributed by atoms with Crippen LogP contribution in [-0.2, 0) is 28.2 Å². The van der Waals surface area contributed by atoms with Crippen LogP contribution in [0, 0.1) is 0 Å². The van der Waals surface area contributed by atoms with E-state index in [1.807, 2.05) is 0 Å². The van der Waals surface area contributed by atoms with Crippen molar-refractivity contribution >= 4 is 5.97 Å². The van der Waals surface area contributed by atoms with Gasteiger partial charge >= 0.3 is 5.97 Å². The fourth-order valence-corrected chi connectivity index (χ4v) is 2.32. The molecule has 84 valence electrons. The molecule has 16 heavy (non-hydrogen) atoms. The molecule has 0 amide bonds. The summed E-state index contributed by atoms with van der Waals surface area (Å²) in [6, 6.07) is 3.43. The third kappa shape index (κ3) is 1.16. The first kappa shape index (κ1) is 9.66. The Morgan fingerprint density at radius 3 is 2.44 bits per heavy atom. The largest absolute Gasteiger partial charge is 0.508 e. The molecule has 1 fully saturated rings. The number of phenols is 1. The number of ether oxygens (including phenoxy) is 1. The molecule has 0 saturated heterocycles. The van der Waals surface area contributed by atoms with E-state index >= 15 is 0 Å². The molecule has 0 bridgehead atoms. The van der Waals surface area contributed by atoms with Crippen molar-refractivity contribution in [1.82, 2.24) is 0 Å². The predicted molar refractivity (Wildman–Crippen MR) is 55.1 cm³/mol. The topological polar surface area (TPSA) is 66.8 Å². The van der Waals surface area contributed by atoms with Gasteiger partial charge in [-0.25, -0.2) is 0 Å². The van der Waals surface area contributed by atoms with Crippen molar-refractivity contribution in [2.24, 2.45) is 0 Å². The SMILES string of the molecule is O=C(O)C1(c2cc3c(cc2O)COC3)CC1. The van der Waals surface area contributed by atoms with Crippen LogP contribution in [0.25, 0.3) is 0 Å². The zero-order valence-electron chi connectivity index (χ0n) is 8.69. The summed E-state index contributed by atoms with van der Waals surface area (Å²) in [6.45, 7) is 1.02. The molecule has 1 aliphatic carbocycles. The molecule has 0 atom stereocenters. The number of rotatable bonds is 2. The Hall–Kier alpha value is -1.55. The molecular weight excluding hydrogens is 208 g/mol. The molecule has 4 nitrogen and oxygen atoms in total. The van der Waals surface area contributed by atoms with E-state index in [0.29, 0.717) is 31.6 Å². The van der Waals surface area contributed by atoms with Gasteiger partial charge in [-0.2, -0.15) is 0 Å². The molecule has 1 heterocycles. The first-order valence-corrected chi connectivity index (χ1v) is 5.30. The van der Waals surface area contributed by atoms with E-state index in [2.05, 4.69) is 0 Å². The number of carbonyl (C=O) groups is 1. The van der Waals surface area contributed by atoms with E-state index in [1.165, 1.54) is 0 Å². The van der Waals surface area contributed by atoms with Crippen molar-refractivity contribution in [3.8, 4) is 5.75 Å². The highest BCUT2D eigenvalue weighted by Gasteiger charge is 2.53. The number of carboxylic acids is 1. The second-order valence-electron chi connectivity index (χ2n) is 4.52. The molecular formula is C12H12O4. The van der Waals surface area contributed by atoms with Crippen molar-refractivity contribution in [2.45, 2.75) is 31.5 Å². The van der Waals surface area contributed by atoms with Gasteiger partial charge in [0.05, 0.1) is 18.6 Å². The first-order chi connectivity index (χ1) is 7.63. The Labute approximate surface area is 92.5 Å². The minimum Gasteiger partial charge on any atom is -0.508 e. The van der Waals surface area contributed by atoms with Crippen molar-refractivity contribution in [1.29, 1.82) is 0 Å². The quantitative estimate of drug-likeness (QED) is 0.793. The van der Waals surface area contributed by atoms with Gasteiger partial charge in [0.1, 0.15) is 5.75 Å². The number of hydrogen-bond donors (Lipinski definition) is 2. The van der Waals surface area contributed by atoms with Gasteiger partial charge in [-0.3, -0.25) is 4.79 Å². The van der Waals surface area contributed by atoms with Gasteiger partial charge in [0.15, 0.2) is 0 Å². The highest BCUT2D eigenvalue weighted by molar-refractivity contribution is 5.86. The van der Waals surface area contributed by atoms with Crippen molar-refractivity contribution in [3.63, 3.8) is 0 Å². The Bertz CT molecular complexity index is 474. The minimum absolute atomic E-state index is 0.0872. The molecule has 0 radical (unpaired) electrons. The summed E-state index contributed by atoms with van der Waals surface area (Å²) in [4.78, 5) is 11.2. The normalized spacial score (nSPS) is 20.5. The second-order valence-corrected chi connectivity index (χ2v) is 4.52. The monoisotopic (exact) mass is 220 g/mol. The molecule has 1 saturated carbocycles. The van der Waals surface area contributed by atoms with Crippen molar-refractivity contribution in [2.75, 3.05) is 0 Å². The molecule has 1 aromatic rings. The van der Waals surface area contributed by atoms with Gasteiger partial charge in [0, 0.05) is 5.56 Å². The zero-order valence-corrected chi connectivity index (χ0v) is 8.69. The Morgan fingerprint density at radius 1 is 1.25 bits per heavy atom. The molecule has 0 unspecified atom stereocenters. The number of benzene rings is 1. The first-order valence-electron chi connectivity index (χ1n) is 5.30. The van der Waals surface area contributed by atoms with E-state index in [4.69, 9.17) is 4.74 Å². The summed E-state index contributed by atoms with van der Waals surface area (Å²) in [5, 5.41) is 19.1. The van der Waals surface area contributed by atoms with Crippen LogP contribution in [0.4, 0.5) is 0 Å². The second kappa shape index (κ2) is 2.98. The third-order valence-electron chi connectivity index (χ3n) is 3.51. The average molecular weight is 220 g/mol. The lowest BCUT2D eigenvalue weighted by atomic mass is 9.92. The highest BCUT2D eigenvalue weighted by atomic mass is 16.5. The summed E-state index contributed by atoms with van der Waals surface area (Å²) in [7, 11) is 0. The highest BCUT2D eigenvalue weighted by Crippen LogP contribution is 2.52. The standard InChI is InChI=1S/C12H12O4/c13-10-4-8-6-16-5-7(8)3-9(10)12(1-2-12)11(14)15/h3-4,13H,1-2,5-6H2,(H,14,15). The van der Waals surface area contributed by atoms with Gasteiger partial charge in [0.25, 0.3) is 0 Å². The predicted octanol–water partition coefficient (Wildman–Crippen LogP) is 1.54. The lowest BCUT2D eigenvalue weighted by Gasteiger charge is -2.13. The number of hydrogen-bond acceptors (Lipinski definition) is 3. The van der Waals surface area contributed by atoms with Crippen LogP contribution in [0.15, 0.2) is 12.1 Å². The van der Waals surface area contributed by atoms with Crippen molar-refractivity contribution < 1.29 is 19.7 Å². The third-order valence-corrected chi connectivity index (χ3v) is 3.51. The molecule has 0 aromatic heterocycles. The van der Waals surface area contributed by atoms with Crippen LogP contribution in [0.5, 0.6) is 5.75 Å². The van der Waals surface area contributed by atoms with Crippen LogP contribution in [0.1, 0.15) is 29.5 Å². The Balaban J connectivity index is 2.12. The van der Waals surface area contributed by atoms with E-state index in [0.717, 1.165) is 11.1 Å².